The summed E-state index contributed by atoms with van der Waals surface area (Å²) in [4.78, 5) is 24.6. The number of ether oxygens (including phenoxy) is 2. The summed E-state index contributed by atoms with van der Waals surface area (Å²) in [6.07, 6.45) is 0. The van der Waals surface area contributed by atoms with E-state index >= 15 is 0 Å². The lowest BCUT2D eigenvalue weighted by atomic mass is 9.92. The van der Waals surface area contributed by atoms with Crippen molar-refractivity contribution in [2.24, 2.45) is 17.6 Å². The molecule has 1 aromatic rings. The van der Waals surface area contributed by atoms with Gasteiger partial charge in [0.1, 0.15) is 12.0 Å². The van der Waals surface area contributed by atoms with Gasteiger partial charge in [0.05, 0.1) is 13.2 Å². The quantitative estimate of drug-likeness (QED) is 0.744. The summed E-state index contributed by atoms with van der Waals surface area (Å²) >= 11 is 0. The van der Waals surface area contributed by atoms with Crippen LogP contribution in [0.1, 0.15) is 39.2 Å². The first-order chi connectivity index (χ1) is 10.8. The third-order valence-corrected chi connectivity index (χ3v) is 3.16. The lowest BCUT2D eigenvalue weighted by molar-refractivity contribution is -0.154. The summed E-state index contributed by atoms with van der Waals surface area (Å²) < 4.78 is 10.5. The van der Waals surface area contributed by atoms with E-state index < -0.39 is 23.9 Å². The molecular formula is C18H27NO4. The largest absolute Gasteiger partial charge is 0.465 e. The van der Waals surface area contributed by atoms with E-state index in [0.717, 1.165) is 0 Å². The Morgan fingerprint density at radius 2 is 1.39 bits per heavy atom. The molecule has 0 heterocycles. The van der Waals surface area contributed by atoms with Crippen LogP contribution in [0.15, 0.2) is 30.3 Å². The van der Waals surface area contributed by atoms with Crippen LogP contribution >= 0.6 is 0 Å². The van der Waals surface area contributed by atoms with Crippen molar-refractivity contribution in [3.05, 3.63) is 35.9 Å². The SMILES string of the molecule is CC(C)COC(=O)C(N)C(C(=O)OCC(C)C)c1ccccc1. The highest BCUT2D eigenvalue weighted by Gasteiger charge is 2.34. The smallest absolute Gasteiger partial charge is 0.324 e. The van der Waals surface area contributed by atoms with Crippen LogP contribution in [-0.2, 0) is 19.1 Å². The standard InChI is InChI=1S/C18H27NO4/c1-12(2)10-22-17(20)15(14-8-6-5-7-9-14)16(19)18(21)23-11-13(3)4/h5-9,12-13,15-16H,10-11,19H2,1-4H3. The molecule has 0 aliphatic heterocycles. The first kappa shape index (κ1) is 19.2. The molecular weight excluding hydrogens is 294 g/mol. The second-order valence-corrected chi connectivity index (χ2v) is 6.46. The van der Waals surface area contributed by atoms with Crippen LogP contribution in [-0.4, -0.2) is 31.2 Å². The number of carbonyl (C=O) groups is 2. The van der Waals surface area contributed by atoms with E-state index in [4.69, 9.17) is 15.2 Å². The Kier molecular flexibility index (Phi) is 7.75. The molecule has 0 saturated heterocycles. The van der Waals surface area contributed by atoms with Crippen LogP contribution in [0.25, 0.3) is 0 Å². The molecule has 128 valence electrons. The van der Waals surface area contributed by atoms with Crippen molar-refractivity contribution >= 4 is 11.9 Å². The van der Waals surface area contributed by atoms with E-state index in [9.17, 15) is 9.59 Å². The average molecular weight is 321 g/mol. The van der Waals surface area contributed by atoms with Crippen LogP contribution in [0.2, 0.25) is 0 Å². The highest BCUT2D eigenvalue weighted by molar-refractivity contribution is 5.88. The predicted octanol–water partition coefficient (Wildman–Crippen LogP) is 2.50. The van der Waals surface area contributed by atoms with Gasteiger partial charge in [-0.25, -0.2) is 0 Å². The zero-order valence-corrected chi connectivity index (χ0v) is 14.3. The van der Waals surface area contributed by atoms with E-state index in [1.807, 2.05) is 33.8 Å². The van der Waals surface area contributed by atoms with Gasteiger partial charge in [-0.15, -0.1) is 0 Å². The number of hydrogen-bond donors (Lipinski definition) is 1. The molecule has 0 aliphatic rings. The number of esters is 2. The molecule has 2 N–H and O–H groups in total. The van der Waals surface area contributed by atoms with Gasteiger partial charge < -0.3 is 15.2 Å². The summed E-state index contributed by atoms with van der Waals surface area (Å²) in [6, 6.07) is 7.86. The molecule has 1 rings (SSSR count). The first-order valence-corrected chi connectivity index (χ1v) is 7.96. The maximum absolute atomic E-state index is 12.4. The zero-order chi connectivity index (χ0) is 17.4. The maximum Gasteiger partial charge on any atom is 0.324 e. The fourth-order valence-electron chi connectivity index (χ4n) is 1.97. The second kappa shape index (κ2) is 9.30. The van der Waals surface area contributed by atoms with Crippen molar-refractivity contribution in [2.45, 2.75) is 39.7 Å². The number of carbonyl (C=O) groups excluding carboxylic acids is 2. The molecule has 23 heavy (non-hydrogen) atoms. The molecule has 0 spiro atoms. The Balaban J connectivity index is 2.90. The van der Waals surface area contributed by atoms with Gasteiger partial charge in [0, 0.05) is 0 Å². The average Bonchev–Trinajstić information content (AvgIpc) is 2.51. The van der Waals surface area contributed by atoms with Crippen molar-refractivity contribution in [3.8, 4) is 0 Å². The minimum Gasteiger partial charge on any atom is -0.465 e. The van der Waals surface area contributed by atoms with Crippen molar-refractivity contribution in [3.63, 3.8) is 0 Å². The Labute approximate surface area is 138 Å². The number of rotatable bonds is 8. The normalized spacial score (nSPS) is 13.7. The number of nitrogens with two attached hydrogens (primary N) is 1. The van der Waals surface area contributed by atoms with Gasteiger partial charge in [0.15, 0.2) is 0 Å². The summed E-state index contributed by atoms with van der Waals surface area (Å²) in [7, 11) is 0. The topological polar surface area (TPSA) is 78.6 Å². The van der Waals surface area contributed by atoms with Crippen LogP contribution in [0.5, 0.6) is 0 Å². The molecule has 0 aromatic heterocycles. The van der Waals surface area contributed by atoms with Gasteiger partial charge >= 0.3 is 11.9 Å². The van der Waals surface area contributed by atoms with Gasteiger partial charge in [0.25, 0.3) is 0 Å². The second-order valence-electron chi connectivity index (χ2n) is 6.46. The van der Waals surface area contributed by atoms with Crippen molar-refractivity contribution < 1.29 is 19.1 Å². The fraction of sp³-hybridized carbons (Fsp3) is 0.556. The molecule has 0 saturated carbocycles. The molecule has 2 unspecified atom stereocenters. The predicted molar refractivity (Wildman–Crippen MR) is 88.8 cm³/mol. The third kappa shape index (κ3) is 6.40. The van der Waals surface area contributed by atoms with Crippen molar-refractivity contribution in [1.82, 2.24) is 0 Å². The lowest BCUT2D eigenvalue weighted by Crippen LogP contribution is -2.42. The Morgan fingerprint density at radius 1 is 0.913 bits per heavy atom. The van der Waals surface area contributed by atoms with Gasteiger partial charge in [-0.3, -0.25) is 9.59 Å². The van der Waals surface area contributed by atoms with Crippen LogP contribution in [0, 0.1) is 11.8 Å². The molecule has 1 aromatic carbocycles. The third-order valence-electron chi connectivity index (χ3n) is 3.16. The minimum absolute atomic E-state index is 0.203. The van der Waals surface area contributed by atoms with Crippen LogP contribution in [0.4, 0.5) is 0 Å². The molecule has 5 heteroatoms. The fourth-order valence-corrected chi connectivity index (χ4v) is 1.97. The van der Waals surface area contributed by atoms with Crippen molar-refractivity contribution in [2.75, 3.05) is 13.2 Å². The summed E-state index contributed by atoms with van der Waals surface area (Å²) in [5.41, 5.74) is 6.66. The summed E-state index contributed by atoms with van der Waals surface area (Å²) in [5.74, 6) is -1.55. The molecule has 2 atom stereocenters. The van der Waals surface area contributed by atoms with Gasteiger partial charge in [0.2, 0.25) is 0 Å². The molecule has 5 nitrogen and oxygen atoms in total. The van der Waals surface area contributed by atoms with Crippen LogP contribution < -0.4 is 5.73 Å². The zero-order valence-electron chi connectivity index (χ0n) is 14.3. The number of benzene rings is 1. The van der Waals surface area contributed by atoms with Gasteiger partial charge in [-0.2, -0.15) is 0 Å². The first-order valence-electron chi connectivity index (χ1n) is 7.96. The van der Waals surface area contributed by atoms with E-state index in [1.165, 1.54) is 0 Å². The van der Waals surface area contributed by atoms with Crippen molar-refractivity contribution in [1.29, 1.82) is 0 Å². The highest BCUT2D eigenvalue weighted by Crippen LogP contribution is 2.22. The molecule has 0 radical (unpaired) electrons. The highest BCUT2D eigenvalue weighted by atomic mass is 16.5. The van der Waals surface area contributed by atoms with Crippen LogP contribution in [0.3, 0.4) is 0 Å². The lowest BCUT2D eigenvalue weighted by Gasteiger charge is -2.22. The molecule has 0 aliphatic carbocycles. The maximum atomic E-state index is 12.4. The van der Waals surface area contributed by atoms with E-state index in [2.05, 4.69) is 0 Å². The molecule has 0 fully saturated rings. The summed E-state index contributed by atoms with van der Waals surface area (Å²) in [6.45, 7) is 8.32. The molecule has 0 amide bonds. The Hall–Kier alpha value is -1.88. The Bertz CT molecular complexity index is 499. The Morgan fingerprint density at radius 3 is 1.87 bits per heavy atom. The summed E-state index contributed by atoms with van der Waals surface area (Å²) in [5, 5.41) is 0. The minimum atomic E-state index is -1.09. The van der Waals surface area contributed by atoms with E-state index in [1.54, 1.807) is 24.3 Å². The van der Waals surface area contributed by atoms with Gasteiger partial charge in [-0.1, -0.05) is 58.0 Å². The van der Waals surface area contributed by atoms with Gasteiger partial charge in [-0.05, 0) is 17.4 Å². The number of hydrogen-bond acceptors (Lipinski definition) is 5. The van der Waals surface area contributed by atoms with E-state index in [0.29, 0.717) is 5.56 Å². The molecule has 0 bridgehead atoms. The monoisotopic (exact) mass is 321 g/mol. The van der Waals surface area contributed by atoms with E-state index in [-0.39, 0.29) is 25.0 Å².